The SMILES string of the molecule is CCS(=O)(=O)NCCNC(=O)[C@H]1CCCN(C(=O)Nc2ccccc2)C1. The first-order chi connectivity index (χ1) is 12.4. The molecule has 3 amide bonds. The molecule has 26 heavy (non-hydrogen) atoms. The number of nitrogens with one attached hydrogen (secondary N) is 3. The maximum atomic E-state index is 12.3. The lowest BCUT2D eigenvalue weighted by atomic mass is 9.97. The van der Waals surface area contributed by atoms with Gasteiger partial charge in [-0.2, -0.15) is 0 Å². The van der Waals surface area contributed by atoms with Gasteiger partial charge in [0.2, 0.25) is 15.9 Å². The van der Waals surface area contributed by atoms with Gasteiger partial charge in [0.1, 0.15) is 0 Å². The summed E-state index contributed by atoms with van der Waals surface area (Å²) < 4.78 is 25.1. The molecular formula is C17H26N4O4S. The van der Waals surface area contributed by atoms with E-state index in [9.17, 15) is 18.0 Å². The van der Waals surface area contributed by atoms with Crippen LogP contribution in [0.4, 0.5) is 10.5 Å². The van der Waals surface area contributed by atoms with E-state index in [0.29, 0.717) is 25.2 Å². The average Bonchev–Trinajstić information content (AvgIpc) is 2.66. The zero-order chi connectivity index (χ0) is 19.0. The van der Waals surface area contributed by atoms with Crippen molar-refractivity contribution in [3.05, 3.63) is 30.3 Å². The molecule has 3 N–H and O–H groups in total. The van der Waals surface area contributed by atoms with E-state index in [-0.39, 0.29) is 36.7 Å². The van der Waals surface area contributed by atoms with Gasteiger partial charge < -0.3 is 15.5 Å². The van der Waals surface area contributed by atoms with E-state index in [1.165, 1.54) is 0 Å². The van der Waals surface area contributed by atoms with E-state index < -0.39 is 10.0 Å². The van der Waals surface area contributed by atoms with Crippen molar-refractivity contribution in [2.75, 3.05) is 37.2 Å². The Morgan fingerprint density at radius 1 is 1.19 bits per heavy atom. The fourth-order valence-electron chi connectivity index (χ4n) is 2.74. The molecule has 144 valence electrons. The molecule has 0 aromatic heterocycles. The first-order valence-corrected chi connectivity index (χ1v) is 10.4. The first-order valence-electron chi connectivity index (χ1n) is 8.77. The predicted molar refractivity (Wildman–Crippen MR) is 100 cm³/mol. The number of hydrogen-bond acceptors (Lipinski definition) is 4. The molecule has 1 aromatic rings. The zero-order valence-corrected chi connectivity index (χ0v) is 15.7. The smallest absolute Gasteiger partial charge is 0.321 e. The second-order valence-electron chi connectivity index (χ2n) is 6.17. The van der Waals surface area contributed by atoms with Gasteiger partial charge in [0.25, 0.3) is 0 Å². The first kappa shape index (κ1) is 20.2. The van der Waals surface area contributed by atoms with Crippen molar-refractivity contribution in [1.82, 2.24) is 14.9 Å². The molecule has 1 heterocycles. The van der Waals surface area contributed by atoms with Gasteiger partial charge in [-0.1, -0.05) is 18.2 Å². The molecule has 1 saturated heterocycles. The van der Waals surface area contributed by atoms with Crippen LogP contribution in [0.3, 0.4) is 0 Å². The van der Waals surface area contributed by atoms with Gasteiger partial charge in [-0.05, 0) is 31.9 Å². The summed E-state index contributed by atoms with van der Waals surface area (Å²) in [5, 5.41) is 5.56. The zero-order valence-electron chi connectivity index (χ0n) is 14.9. The Labute approximate surface area is 154 Å². The van der Waals surface area contributed by atoms with Gasteiger partial charge in [0, 0.05) is 31.9 Å². The van der Waals surface area contributed by atoms with Gasteiger partial charge in [-0.15, -0.1) is 0 Å². The van der Waals surface area contributed by atoms with Crippen molar-refractivity contribution in [2.24, 2.45) is 5.92 Å². The number of carbonyl (C=O) groups is 2. The summed E-state index contributed by atoms with van der Waals surface area (Å²) in [5.41, 5.74) is 0.715. The Morgan fingerprint density at radius 2 is 1.92 bits per heavy atom. The summed E-state index contributed by atoms with van der Waals surface area (Å²) in [7, 11) is -3.25. The predicted octanol–water partition coefficient (Wildman–Crippen LogP) is 0.986. The van der Waals surface area contributed by atoms with Crippen LogP contribution in [0.2, 0.25) is 0 Å². The van der Waals surface area contributed by atoms with Crippen molar-refractivity contribution in [3.8, 4) is 0 Å². The van der Waals surface area contributed by atoms with Crippen LogP contribution in [0.1, 0.15) is 19.8 Å². The van der Waals surface area contributed by atoms with E-state index >= 15 is 0 Å². The summed E-state index contributed by atoms with van der Waals surface area (Å²) in [6.45, 7) is 2.90. The number of para-hydroxylation sites is 1. The Bertz CT molecular complexity index is 709. The normalized spacial score (nSPS) is 17.6. The van der Waals surface area contributed by atoms with Crippen molar-refractivity contribution in [1.29, 1.82) is 0 Å². The number of nitrogens with zero attached hydrogens (tertiary/aromatic N) is 1. The number of likely N-dealkylation sites (tertiary alicyclic amines) is 1. The van der Waals surface area contributed by atoms with Crippen LogP contribution in [0, 0.1) is 5.92 Å². The van der Waals surface area contributed by atoms with Gasteiger partial charge in [-0.3, -0.25) is 4.79 Å². The number of carbonyl (C=O) groups excluding carboxylic acids is 2. The maximum absolute atomic E-state index is 12.3. The van der Waals surface area contributed by atoms with Crippen molar-refractivity contribution in [3.63, 3.8) is 0 Å². The molecule has 1 fully saturated rings. The number of anilines is 1. The third kappa shape index (κ3) is 6.30. The summed E-state index contributed by atoms with van der Waals surface area (Å²) in [6, 6.07) is 8.96. The van der Waals surface area contributed by atoms with E-state index in [2.05, 4.69) is 15.4 Å². The molecule has 0 unspecified atom stereocenters. The standard InChI is InChI=1S/C17H26N4O4S/c1-2-26(24,25)19-11-10-18-16(22)14-7-6-12-21(13-14)17(23)20-15-8-4-3-5-9-15/h3-5,8-9,14,19H,2,6-7,10-13H2,1H3,(H,18,22)(H,20,23)/t14-/m0/s1. The highest BCUT2D eigenvalue weighted by Crippen LogP contribution is 2.18. The third-order valence-corrected chi connectivity index (χ3v) is 5.63. The van der Waals surface area contributed by atoms with Crippen LogP contribution in [-0.2, 0) is 14.8 Å². The van der Waals surface area contributed by atoms with E-state index in [0.717, 1.165) is 6.42 Å². The largest absolute Gasteiger partial charge is 0.354 e. The molecule has 2 rings (SSSR count). The second kappa shape index (κ2) is 9.54. The van der Waals surface area contributed by atoms with Crippen molar-refractivity contribution >= 4 is 27.6 Å². The average molecular weight is 382 g/mol. The number of benzene rings is 1. The lowest BCUT2D eigenvalue weighted by Crippen LogP contribution is -2.47. The lowest BCUT2D eigenvalue weighted by Gasteiger charge is -2.32. The quantitative estimate of drug-likeness (QED) is 0.611. The highest BCUT2D eigenvalue weighted by atomic mass is 32.2. The highest BCUT2D eigenvalue weighted by Gasteiger charge is 2.28. The van der Waals surface area contributed by atoms with E-state index in [4.69, 9.17) is 0 Å². The molecule has 1 aromatic carbocycles. The lowest BCUT2D eigenvalue weighted by molar-refractivity contribution is -0.126. The van der Waals surface area contributed by atoms with Crippen molar-refractivity contribution < 1.29 is 18.0 Å². The summed E-state index contributed by atoms with van der Waals surface area (Å²) in [4.78, 5) is 26.3. The number of sulfonamides is 1. The molecule has 1 aliphatic heterocycles. The minimum absolute atomic E-state index is 0.00899. The number of hydrogen-bond donors (Lipinski definition) is 3. The number of rotatable bonds is 7. The number of amides is 3. The van der Waals surface area contributed by atoms with Crippen LogP contribution in [0.5, 0.6) is 0 Å². The van der Waals surface area contributed by atoms with Crippen LogP contribution in [0.25, 0.3) is 0 Å². The Morgan fingerprint density at radius 3 is 2.62 bits per heavy atom. The minimum Gasteiger partial charge on any atom is -0.354 e. The monoisotopic (exact) mass is 382 g/mol. The summed E-state index contributed by atoms with van der Waals surface area (Å²) in [6.07, 6.45) is 1.46. The Hall–Kier alpha value is -2.13. The minimum atomic E-state index is -3.25. The Kier molecular flexibility index (Phi) is 7.40. The van der Waals surface area contributed by atoms with Gasteiger partial charge >= 0.3 is 6.03 Å². The van der Waals surface area contributed by atoms with E-state index in [1.807, 2.05) is 30.3 Å². The van der Waals surface area contributed by atoms with Crippen molar-refractivity contribution in [2.45, 2.75) is 19.8 Å². The van der Waals surface area contributed by atoms with Crippen LogP contribution in [-0.4, -0.2) is 57.2 Å². The molecule has 8 nitrogen and oxygen atoms in total. The second-order valence-corrected chi connectivity index (χ2v) is 8.27. The molecule has 0 aliphatic carbocycles. The fraction of sp³-hybridized carbons (Fsp3) is 0.529. The molecular weight excluding hydrogens is 356 g/mol. The van der Waals surface area contributed by atoms with Crippen LogP contribution in [0.15, 0.2) is 30.3 Å². The highest BCUT2D eigenvalue weighted by molar-refractivity contribution is 7.89. The molecule has 1 aliphatic rings. The molecule has 0 bridgehead atoms. The number of urea groups is 1. The van der Waals surface area contributed by atoms with Crippen LogP contribution < -0.4 is 15.4 Å². The van der Waals surface area contributed by atoms with Crippen LogP contribution >= 0.6 is 0 Å². The third-order valence-electron chi connectivity index (χ3n) is 4.23. The number of piperidine rings is 1. The Balaban J connectivity index is 1.78. The maximum Gasteiger partial charge on any atom is 0.321 e. The fourth-order valence-corrected chi connectivity index (χ4v) is 3.36. The van der Waals surface area contributed by atoms with E-state index in [1.54, 1.807) is 11.8 Å². The summed E-state index contributed by atoms with van der Waals surface area (Å²) in [5.74, 6) is -0.430. The molecule has 1 atom stereocenters. The topological polar surface area (TPSA) is 108 Å². The van der Waals surface area contributed by atoms with Gasteiger partial charge in [0.15, 0.2) is 0 Å². The molecule has 9 heteroatoms. The summed E-state index contributed by atoms with van der Waals surface area (Å²) >= 11 is 0. The van der Waals surface area contributed by atoms with Gasteiger partial charge in [0.05, 0.1) is 11.7 Å². The molecule has 0 radical (unpaired) electrons. The van der Waals surface area contributed by atoms with Gasteiger partial charge in [-0.25, -0.2) is 17.9 Å². The molecule has 0 saturated carbocycles. The molecule has 0 spiro atoms.